The van der Waals surface area contributed by atoms with Crippen molar-refractivity contribution in [3.05, 3.63) is 29.8 Å². The first kappa shape index (κ1) is 27.4. The molecule has 198 valence electrons. The van der Waals surface area contributed by atoms with Crippen molar-refractivity contribution in [1.29, 1.82) is 0 Å². The molecule has 2 aromatic rings. The summed E-state index contributed by atoms with van der Waals surface area (Å²) in [6.45, 7) is 4.74. The molecule has 0 spiro atoms. The van der Waals surface area contributed by atoms with E-state index in [1.54, 1.807) is 0 Å². The van der Waals surface area contributed by atoms with Crippen LogP contribution in [-0.2, 0) is 4.79 Å². The molecule has 1 aliphatic heterocycles. The average Bonchev–Trinajstić information content (AvgIpc) is 3.27. The Hall–Kier alpha value is -1.60. The lowest BCUT2D eigenvalue weighted by Gasteiger charge is -2.56. The number of nitrogens with one attached hydrogen (secondary N) is 2. The smallest absolute Gasteiger partial charge is 0.224 e. The van der Waals surface area contributed by atoms with Crippen LogP contribution in [0.25, 0.3) is 10.9 Å². The summed E-state index contributed by atoms with van der Waals surface area (Å²) in [6, 6.07) is 8.75. The van der Waals surface area contributed by atoms with Gasteiger partial charge in [0.05, 0.1) is 17.8 Å². The maximum absolute atomic E-state index is 13.3. The average molecular weight is 536 g/mol. The van der Waals surface area contributed by atoms with Crippen LogP contribution in [0.3, 0.4) is 0 Å². The van der Waals surface area contributed by atoms with Gasteiger partial charge in [-0.3, -0.25) is 4.79 Å². The number of halogens is 2. The van der Waals surface area contributed by atoms with E-state index in [0.717, 1.165) is 65.2 Å². The highest BCUT2D eigenvalue weighted by molar-refractivity contribution is 6.02. The molecule has 6 nitrogen and oxygen atoms in total. The molecule has 2 heterocycles. The first-order chi connectivity index (χ1) is 16.5. The quantitative estimate of drug-likeness (QED) is 0.461. The van der Waals surface area contributed by atoms with Crippen LogP contribution >= 0.6 is 24.8 Å². The van der Waals surface area contributed by atoms with Crippen molar-refractivity contribution in [2.45, 2.75) is 64.3 Å². The van der Waals surface area contributed by atoms with Gasteiger partial charge < -0.3 is 20.6 Å². The Labute approximate surface area is 226 Å². The SMILES string of the molecule is Cc1ccc2nc(N3CC[C@H](NCCO)C3)ccc2c1NC(=O)CC12CC3CC(CC(C3)C1)C2.Cl.Cl. The molecular formula is C28H40Cl2N4O2. The van der Waals surface area contributed by atoms with Crippen LogP contribution in [0, 0.1) is 30.1 Å². The molecule has 3 N–H and O–H groups in total. The number of carbonyl (C=O) groups excluding carboxylic acids is 1. The van der Waals surface area contributed by atoms with E-state index in [1.165, 1.54) is 38.5 Å². The number of aliphatic hydroxyl groups is 1. The van der Waals surface area contributed by atoms with Crippen LogP contribution in [0.2, 0.25) is 0 Å². The minimum atomic E-state index is 0. The lowest BCUT2D eigenvalue weighted by atomic mass is 9.49. The number of aryl methyl sites for hydroxylation is 1. The van der Waals surface area contributed by atoms with Gasteiger partial charge in [0.2, 0.25) is 5.91 Å². The van der Waals surface area contributed by atoms with E-state index >= 15 is 0 Å². The zero-order valence-corrected chi connectivity index (χ0v) is 22.8. The molecule has 4 saturated carbocycles. The maximum atomic E-state index is 13.3. The number of hydrogen-bond acceptors (Lipinski definition) is 5. The molecule has 36 heavy (non-hydrogen) atoms. The second-order valence-electron chi connectivity index (χ2n) is 11.7. The van der Waals surface area contributed by atoms with Crippen molar-refractivity contribution in [2.75, 3.05) is 36.5 Å². The zero-order valence-electron chi connectivity index (χ0n) is 21.2. The Bertz CT molecular complexity index is 1060. The van der Waals surface area contributed by atoms with Gasteiger partial charge in [0.15, 0.2) is 0 Å². The number of aromatic nitrogens is 1. The molecule has 1 atom stereocenters. The summed E-state index contributed by atoms with van der Waals surface area (Å²) in [5, 5.41) is 16.8. The second kappa shape index (κ2) is 11.0. The monoisotopic (exact) mass is 534 g/mol. The van der Waals surface area contributed by atoms with E-state index in [4.69, 9.17) is 10.1 Å². The lowest BCUT2D eigenvalue weighted by molar-refractivity contribution is -0.124. The summed E-state index contributed by atoms with van der Waals surface area (Å²) in [7, 11) is 0. The summed E-state index contributed by atoms with van der Waals surface area (Å²) >= 11 is 0. The maximum Gasteiger partial charge on any atom is 0.224 e. The molecule has 0 radical (unpaired) electrons. The predicted octanol–water partition coefficient (Wildman–Crippen LogP) is 5.09. The number of aliphatic hydroxyl groups excluding tert-OH is 1. The summed E-state index contributed by atoms with van der Waals surface area (Å²) in [4.78, 5) is 20.6. The Morgan fingerprint density at radius 1 is 1.08 bits per heavy atom. The standard InChI is InChI=1S/C28H38N4O2.2ClH/c1-18-2-4-24-23(3-5-25(30-24)32-8-6-22(17-32)29-7-9-33)27(18)31-26(34)16-28-13-19-10-20(14-28)12-21(11-19)15-28;;/h2-5,19-22,29,33H,6-17H2,1H3,(H,31,34);2*1H/t19?,20?,21?,22-,28?;;/m0../s1. The number of rotatable bonds is 7. The topological polar surface area (TPSA) is 77.5 Å². The van der Waals surface area contributed by atoms with Crippen LogP contribution in [0.15, 0.2) is 24.3 Å². The zero-order chi connectivity index (χ0) is 23.3. The van der Waals surface area contributed by atoms with Crippen molar-refractivity contribution < 1.29 is 9.90 Å². The highest BCUT2D eigenvalue weighted by atomic mass is 35.5. The van der Waals surface area contributed by atoms with Crippen molar-refractivity contribution in [1.82, 2.24) is 10.3 Å². The van der Waals surface area contributed by atoms with Crippen molar-refractivity contribution >= 4 is 53.1 Å². The fraction of sp³-hybridized carbons (Fsp3) is 0.643. The number of anilines is 2. The third kappa shape index (κ3) is 5.33. The molecule has 8 heteroatoms. The first-order valence-corrected chi connectivity index (χ1v) is 13.3. The first-order valence-electron chi connectivity index (χ1n) is 13.3. The number of fused-ring (bicyclic) bond motifs is 1. The van der Waals surface area contributed by atoms with Crippen LogP contribution < -0.4 is 15.5 Å². The Morgan fingerprint density at radius 3 is 2.44 bits per heavy atom. The molecule has 7 rings (SSSR count). The summed E-state index contributed by atoms with van der Waals surface area (Å²) in [6.07, 6.45) is 9.74. The lowest BCUT2D eigenvalue weighted by Crippen LogP contribution is -2.47. The largest absolute Gasteiger partial charge is 0.395 e. The highest BCUT2D eigenvalue weighted by Gasteiger charge is 2.51. The number of hydrogen-bond donors (Lipinski definition) is 3. The molecule has 4 aliphatic carbocycles. The van der Waals surface area contributed by atoms with E-state index in [2.05, 4.69) is 46.7 Å². The molecular weight excluding hydrogens is 495 g/mol. The normalized spacial score (nSPS) is 30.2. The van der Waals surface area contributed by atoms with Crippen LogP contribution in [0.5, 0.6) is 0 Å². The second-order valence-corrected chi connectivity index (χ2v) is 11.7. The Morgan fingerprint density at radius 2 is 1.78 bits per heavy atom. The van der Waals surface area contributed by atoms with Crippen molar-refractivity contribution in [3.8, 4) is 0 Å². The van der Waals surface area contributed by atoms with Gasteiger partial charge in [0.25, 0.3) is 0 Å². The fourth-order valence-corrected chi connectivity index (χ4v) is 8.08. The minimum Gasteiger partial charge on any atom is -0.395 e. The van der Waals surface area contributed by atoms with Crippen molar-refractivity contribution in [2.24, 2.45) is 23.2 Å². The third-order valence-electron chi connectivity index (χ3n) is 9.09. The van der Waals surface area contributed by atoms with E-state index in [-0.39, 0.29) is 42.7 Å². The van der Waals surface area contributed by atoms with E-state index in [1.807, 2.05) is 0 Å². The predicted molar refractivity (Wildman–Crippen MR) is 151 cm³/mol. The van der Waals surface area contributed by atoms with E-state index < -0.39 is 0 Å². The van der Waals surface area contributed by atoms with Gasteiger partial charge in [-0.05, 0) is 98.8 Å². The number of amides is 1. The van der Waals surface area contributed by atoms with Gasteiger partial charge in [-0.1, -0.05) is 6.07 Å². The molecule has 5 aliphatic rings. The van der Waals surface area contributed by atoms with Crippen molar-refractivity contribution in [3.63, 3.8) is 0 Å². The number of pyridine rings is 1. The van der Waals surface area contributed by atoms with Gasteiger partial charge in [-0.15, -0.1) is 24.8 Å². The van der Waals surface area contributed by atoms with Crippen LogP contribution in [-0.4, -0.2) is 48.3 Å². The van der Waals surface area contributed by atoms with Crippen LogP contribution in [0.1, 0.15) is 56.9 Å². The molecule has 1 aromatic heterocycles. The molecule has 1 amide bonds. The van der Waals surface area contributed by atoms with Gasteiger partial charge in [0.1, 0.15) is 5.82 Å². The van der Waals surface area contributed by atoms with E-state index in [9.17, 15) is 4.79 Å². The number of benzene rings is 1. The van der Waals surface area contributed by atoms with Crippen LogP contribution in [0.4, 0.5) is 11.5 Å². The fourth-order valence-electron chi connectivity index (χ4n) is 8.08. The summed E-state index contributed by atoms with van der Waals surface area (Å²) in [5.41, 5.74) is 3.20. The van der Waals surface area contributed by atoms with Gasteiger partial charge >= 0.3 is 0 Å². The molecule has 0 unspecified atom stereocenters. The summed E-state index contributed by atoms with van der Waals surface area (Å²) < 4.78 is 0. The van der Waals surface area contributed by atoms with Gasteiger partial charge in [-0.25, -0.2) is 4.98 Å². The highest BCUT2D eigenvalue weighted by Crippen LogP contribution is 2.61. The Balaban J connectivity index is 0.00000152. The minimum absolute atomic E-state index is 0. The molecule has 1 saturated heterocycles. The molecule has 1 aromatic carbocycles. The molecule has 5 fully saturated rings. The number of nitrogens with zero attached hydrogens (tertiary/aromatic N) is 2. The van der Waals surface area contributed by atoms with Gasteiger partial charge in [0, 0.05) is 37.5 Å². The van der Waals surface area contributed by atoms with E-state index in [0.29, 0.717) is 19.0 Å². The molecule has 4 bridgehead atoms. The third-order valence-corrected chi connectivity index (χ3v) is 9.09. The number of carbonyl (C=O) groups is 1. The summed E-state index contributed by atoms with van der Waals surface area (Å²) in [5.74, 6) is 3.76. The Kier molecular flexibility index (Phi) is 8.40. The van der Waals surface area contributed by atoms with Gasteiger partial charge in [-0.2, -0.15) is 0 Å².